The molecule has 0 saturated heterocycles. The van der Waals surface area contributed by atoms with Crippen LogP contribution in [0.4, 0.5) is 0 Å². The van der Waals surface area contributed by atoms with E-state index in [0.29, 0.717) is 0 Å². The fourth-order valence-electron chi connectivity index (χ4n) is 1.63. The number of hydrogen-bond donors (Lipinski definition) is 0. The highest BCUT2D eigenvalue weighted by molar-refractivity contribution is 9.09. The standard InChI is InChI=1S/C10H15Br/c1-2-3-6-9-7-4-5-8-10(9)11/h9-10H,4-8H2,1H3. The minimum Gasteiger partial charge on any atom is -0.107 e. The van der Waals surface area contributed by atoms with Gasteiger partial charge >= 0.3 is 0 Å². The minimum atomic E-state index is 0.733. The van der Waals surface area contributed by atoms with Crippen LogP contribution in [0.2, 0.25) is 0 Å². The first-order valence-corrected chi connectivity index (χ1v) is 5.30. The fourth-order valence-corrected chi connectivity index (χ4v) is 2.40. The zero-order chi connectivity index (χ0) is 8.10. The topological polar surface area (TPSA) is 0 Å². The number of hydrogen-bond acceptors (Lipinski definition) is 0. The summed E-state index contributed by atoms with van der Waals surface area (Å²) >= 11 is 3.72. The van der Waals surface area contributed by atoms with E-state index in [1.54, 1.807) is 0 Å². The second kappa shape index (κ2) is 4.83. The van der Waals surface area contributed by atoms with Gasteiger partial charge < -0.3 is 0 Å². The smallest absolute Gasteiger partial charge is 0.0183 e. The molecule has 1 heteroatoms. The van der Waals surface area contributed by atoms with E-state index in [-0.39, 0.29) is 0 Å². The summed E-state index contributed by atoms with van der Waals surface area (Å²) in [4.78, 5) is 0.733. The Morgan fingerprint density at radius 3 is 2.73 bits per heavy atom. The Morgan fingerprint density at radius 2 is 2.09 bits per heavy atom. The predicted molar refractivity (Wildman–Crippen MR) is 52.7 cm³/mol. The van der Waals surface area contributed by atoms with Gasteiger partial charge in [0.2, 0.25) is 0 Å². The minimum absolute atomic E-state index is 0.733. The molecule has 0 amide bonds. The molecule has 0 aromatic heterocycles. The Hall–Kier alpha value is 0.0400. The molecule has 0 bridgehead atoms. The fraction of sp³-hybridized carbons (Fsp3) is 0.800. The molecule has 1 fully saturated rings. The first-order valence-electron chi connectivity index (χ1n) is 4.38. The van der Waals surface area contributed by atoms with Crippen LogP contribution < -0.4 is 0 Å². The molecule has 0 radical (unpaired) electrons. The van der Waals surface area contributed by atoms with Crippen LogP contribution in [0.25, 0.3) is 0 Å². The van der Waals surface area contributed by atoms with Gasteiger partial charge in [0.1, 0.15) is 0 Å². The summed E-state index contributed by atoms with van der Waals surface area (Å²) in [6, 6.07) is 0. The molecule has 0 N–H and O–H groups in total. The van der Waals surface area contributed by atoms with Crippen molar-refractivity contribution >= 4 is 15.9 Å². The van der Waals surface area contributed by atoms with Crippen LogP contribution in [0.15, 0.2) is 0 Å². The quantitative estimate of drug-likeness (QED) is 0.464. The van der Waals surface area contributed by atoms with Crippen molar-refractivity contribution in [3.63, 3.8) is 0 Å². The Balaban J connectivity index is 2.33. The highest BCUT2D eigenvalue weighted by Gasteiger charge is 2.21. The maximum Gasteiger partial charge on any atom is 0.0183 e. The molecular weight excluding hydrogens is 200 g/mol. The van der Waals surface area contributed by atoms with Crippen molar-refractivity contribution < 1.29 is 0 Å². The monoisotopic (exact) mass is 214 g/mol. The highest BCUT2D eigenvalue weighted by Crippen LogP contribution is 2.31. The molecule has 1 aliphatic carbocycles. The van der Waals surface area contributed by atoms with E-state index >= 15 is 0 Å². The molecule has 0 nitrogen and oxygen atoms in total. The van der Waals surface area contributed by atoms with Gasteiger partial charge in [-0.15, -0.1) is 11.8 Å². The highest BCUT2D eigenvalue weighted by atomic mass is 79.9. The van der Waals surface area contributed by atoms with Gasteiger partial charge in [0, 0.05) is 11.2 Å². The van der Waals surface area contributed by atoms with Gasteiger partial charge in [-0.3, -0.25) is 0 Å². The van der Waals surface area contributed by atoms with Crippen molar-refractivity contribution in [2.45, 2.75) is 43.9 Å². The summed E-state index contributed by atoms with van der Waals surface area (Å²) in [5.74, 6) is 6.95. The van der Waals surface area contributed by atoms with E-state index in [9.17, 15) is 0 Å². The van der Waals surface area contributed by atoms with Crippen molar-refractivity contribution in [2.24, 2.45) is 5.92 Å². The van der Waals surface area contributed by atoms with Crippen molar-refractivity contribution in [3.05, 3.63) is 0 Å². The van der Waals surface area contributed by atoms with Gasteiger partial charge in [-0.25, -0.2) is 0 Å². The van der Waals surface area contributed by atoms with Gasteiger partial charge in [0.25, 0.3) is 0 Å². The van der Waals surface area contributed by atoms with Gasteiger partial charge in [0.05, 0.1) is 0 Å². The van der Waals surface area contributed by atoms with Crippen molar-refractivity contribution in [1.29, 1.82) is 0 Å². The third-order valence-corrected chi connectivity index (χ3v) is 3.56. The van der Waals surface area contributed by atoms with Gasteiger partial charge in [-0.2, -0.15) is 0 Å². The average molecular weight is 215 g/mol. The lowest BCUT2D eigenvalue weighted by atomic mass is 9.87. The van der Waals surface area contributed by atoms with Crippen LogP contribution in [0.3, 0.4) is 0 Å². The van der Waals surface area contributed by atoms with Crippen LogP contribution in [0.1, 0.15) is 39.0 Å². The van der Waals surface area contributed by atoms with Gasteiger partial charge in [-0.05, 0) is 25.7 Å². The van der Waals surface area contributed by atoms with Gasteiger partial charge in [-0.1, -0.05) is 28.8 Å². The zero-order valence-corrected chi connectivity index (χ0v) is 8.65. The van der Waals surface area contributed by atoms with Crippen LogP contribution in [0.5, 0.6) is 0 Å². The van der Waals surface area contributed by atoms with E-state index in [1.807, 2.05) is 6.92 Å². The Bertz CT molecular complexity index is 163. The maximum absolute atomic E-state index is 3.72. The lowest BCUT2D eigenvalue weighted by molar-refractivity contribution is 0.382. The normalized spacial score (nSPS) is 30.7. The average Bonchev–Trinajstić information content (AvgIpc) is 2.03. The van der Waals surface area contributed by atoms with Crippen LogP contribution in [-0.2, 0) is 0 Å². The second-order valence-electron chi connectivity index (χ2n) is 3.19. The lowest BCUT2D eigenvalue weighted by Gasteiger charge is -2.25. The molecule has 62 valence electrons. The number of halogens is 1. The summed E-state index contributed by atoms with van der Waals surface area (Å²) in [6.45, 7) is 1.92. The molecule has 0 aromatic carbocycles. The van der Waals surface area contributed by atoms with E-state index in [0.717, 1.165) is 17.2 Å². The number of alkyl halides is 1. The molecular formula is C10H15Br. The van der Waals surface area contributed by atoms with Gasteiger partial charge in [0.15, 0.2) is 0 Å². The second-order valence-corrected chi connectivity index (χ2v) is 4.37. The molecule has 2 unspecified atom stereocenters. The lowest BCUT2D eigenvalue weighted by Crippen LogP contribution is -2.18. The summed E-state index contributed by atoms with van der Waals surface area (Å²) in [7, 11) is 0. The Kier molecular flexibility index (Phi) is 4.01. The molecule has 1 saturated carbocycles. The van der Waals surface area contributed by atoms with E-state index < -0.39 is 0 Å². The van der Waals surface area contributed by atoms with Crippen LogP contribution >= 0.6 is 15.9 Å². The summed E-state index contributed by atoms with van der Waals surface area (Å²) in [5.41, 5.74) is 0. The van der Waals surface area contributed by atoms with E-state index in [1.165, 1.54) is 25.7 Å². The largest absolute Gasteiger partial charge is 0.107 e. The van der Waals surface area contributed by atoms with Crippen molar-refractivity contribution in [3.8, 4) is 11.8 Å². The molecule has 2 atom stereocenters. The summed E-state index contributed by atoms with van der Waals surface area (Å²) in [6.07, 6.45) is 6.59. The van der Waals surface area contributed by atoms with Crippen LogP contribution in [0, 0.1) is 17.8 Å². The Morgan fingerprint density at radius 1 is 1.36 bits per heavy atom. The molecule has 0 spiro atoms. The molecule has 0 aromatic rings. The molecule has 11 heavy (non-hydrogen) atoms. The Labute approximate surface area is 77.9 Å². The van der Waals surface area contributed by atoms with Crippen molar-refractivity contribution in [2.75, 3.05) is 0 Å². The third kappa shape index (κ3) is 2.87. The molecule has 0 aliphatic heterocycles. The molecule has 1 aliphatic rings. The maximum atomic E-state index is 3.72. The number of rotatable bonds is 1. The third-order valence-electron chi connectivity index (χ3n) is 2.36. The summed E-state index contributed by atoms with van der Waals surface area (Å²) in [5, 5.41) is 0. The van der Waals surface area contributed by atoms with E-state index in [2.05, 4.69) is 27.8 Å². The van der Waals surface area contributed by atoms with Crippen LogP contribution in [-0.4, -0.2) is 4.83 Å². The SMILES string of the molecule is CC#CCC1CCCCC1Br. The predicted octanol–water partition coefficient (Wildman–Crippen LogP) is 3.35. The molecule has 1 rings (SSSR count). The van der Waals surface area contributed by atoms with Crippen molar-refractivity contribution in [1.82, 2.24) is 0 Å². The molecule has 0 heterocycles. The van der Waals surface area contributed by atoms with E-state index in [4.69, 9.17) is 0 Å². The first kappa shape index (κ1) is 9.13. The summed E-state index contributed by atoms with van der Waals surface area (Å²) < 4.78 is 0. The zero-order valence-electron chi connectivity index (χ0n) is 7.07. The first-order chi connectivity index (χ1) is 5.34.